The number of hydrogen-bond acceptors (Lipinski definition) is 2. The number of carboxylic acid groups (broad SMARTS) is 1. The molecule has 1 aliphatic rings. The van der Waals surface area contributed by atoms with E-state index in [1.807, 2.05) is 12.1 Å². The summed E-state index contributed by atoms with van der Waals surface area (Å²) in [4.78, 5) is 10.8. The van der Waals surface area contributed by atoms with Crippen LogP contribution in [0, 0.1) is 0 Å². The van der Waals surface area contributed by atoms with E-state index in [9.17, 15) is 4.79 Å². The summed E-state index contributed by atoms with van der Waals surface area (Å²) in [6.07, 6.45) is 1.90. The molecule has 0 amide bonds. The minimum absolute atomic E-state index is 0.139. The summed E-state index contributed by atoms with van der Waals surface area (Å²) in [7, 11) is 1.56. The van der Waals surface area contributed by atoms with E-state index in [1.165, 1.54) is 0 Å². The molecule has 0 bridgehead atoms. The molecule has 1 N–H and O–H groups in total. The van der Waals surface area contributed by atoms with Crippen molar-refractivity contribution in [3.8, 4) is 5.75 Å². The quantitative estimate of drug-likeness (QED) is 0.880. The van der Waals surface area contributed by atoms with Crippen molar-refractivity contribution in [2.24, 2.45) is 0 Å². The molecular formula is C12H13ClO3. The molecule has 2 rings (SSSR count). The predicted molar refractivity (Wildman–Crippen MR) is 61.2 cm³/mol. The molecule has 0 heterocycles. The van der Waals surface area contributed by atoms with Crippen LogP contribution in [0.3, 0.4) is 0 Å². The van der Waals surface area contributed by atoms with E-state index in [4.69, 9.17) is 21.4 Å². The molecule has 1 aromatic carbocycles. The Labute approximate surface area is 99.0 Å². The van der Waals surface area contributed by atoms with Gasteiger partial charge in [0.25, 0.3) is 0 Å². The third kappa shape index (κ3) is 1.87. The molecule has 1 saturated carbocycles. The highest BCUT2D eigenvalue weighted by atomic mass is 35.5. The lowest BCUT2D eigenvalue weighted by Gasteiger charge is -2.16. The number of methoxy groups -OCH3 is 1. The Hall–Kier alpha value is -1.22. The smallest absolute Gasteiger partial charge is 0.304 e. The largest absolute Gasteiger partial charge is 0.495 e. The van der Waals surface area contributed by atoms with E-state index in [-0.39, 0.29) is 11.8 Å². The fourth-order valence-electron chi connectivity index (χ4n) is 2.06. The van der Waals surface area contributed by atoms with E-state index >= 15 is 0 Å². The molecule has 0 unspecified atom stereocenters. The number of hydrogen-bond donors (Lipinski definition) is 1. The van der Waals surface area contributed by atoms with Crippen molar-refractivity contribution >= 4 is 17.6 Å². The summed E-state index contributed by atoms with van der Waals surface area (Å²) in [5, 5.41) is 9.44. The van der Waals surface area contributed by atoms with Gasteiger partial charge < -0.3 is 9.84 Å². The Bertz CT molecular complexity index is 424. The van der Waals surface area contributed by atoms with Gasteiger partial charge in [-0.05, 0) is 24.5 Å². The maximum absolute atomic E-state index is 10.8. The Morgan fingerprint density at radius 3 is 2.75 bits per heavy atom. The first kappa shape index (κ1) is 11.3. The lowest BCUT2D eigenvalue weighted by atomic mass is 9.92. The van der Waals surface area contributed by atoms with Crippen molar-refractivity contribution in [1.29, 1.82) is 0 Å². The van der Waals surface area contributed by atoms with Crippen LogP contribution in [0.5, 0.6) is 5.75 Å². The van der Waals surface area contributed by atoms with E-state index in [0.717, 1.165) is 18.4 Å². The minimum Gasteiger partial charge on any atom is -0.495 e. The first-order valence-electron chi connectivity index (χ1n) is 5.14. The summed E-state index contributed by atoms with van der Waals surface area (Å²) in [5.41, 5.74) is 0.633. The molecule has 1 aliphatic carbocycles. The number of ether oxygens (including phenoxy) is 1. The van der Waals surface area contributed by atoms with Crippen LogP contribution in [0.4, 0.5) is 0 Å². The van der Waals surface area contributed by atoms with Gasteiger partial charge in [0.15, 0.2) is 0 Å². The number of halogens is 1. The van der Waals surface area contributed by atoms with Crippen molar-refractivity contribution < 1.29 is 14.6 Å². The van der Waals surface area contributed by atoms with Gasteiger partial charge in [0, 0.05) is 5.41 Å². The second-order valence-corrected chi connectivity index (χ2v) is 4.55. The standard InChI is InChI=1S/C12H13ClO3/c1-16-9-4-2-3-8(11(9)13)12(5-6-12)7-10(14)15/h2-4H,5-7H2,1H3,(H,14,15). The Morgan fingerprint density at radius 1 is 1.56 bits per heavy atom. The summed E-state index contributed by atoms with van der Waals surface area (Å²) < 4.78 is 5.13. The van der Waals surface area contributed by atoms with Gasteiger partial charge in [0.05, 0.1) is 18.6 Å². The molecule has 4 heteroatoms. The van der Waals surface area contributed by atoms with Crippen molar-refractivity contribution in [3.63, 3.8) is 0 Å². The second kappa shape index (κ2) is 3.98. The van der Waals surface area contributed by atoms with Crippen LogP contribution in [0.2, 0.25) is 5.02 Å². The summed E-state index contributed by atoms with van der Waals surface area (Å²) in [5.74, 6) is -0.174. The van der Waals surface area contributed by atoms with Gasteiger partial charge in [-0.2, -0.15) is 0 Å². The van der Waals surface area contributed by atoms with Crippen molar-refractivity contribution in [2.45, 2.75) is 24.7 Å². The highest BCUT2D eigenvalue weighted by Gasteiger charge is 2.47. The van der Waals surface area contributed by atoms with Crippen LogP contribution >= 0.6 is 11.6 Å². The van der Waals surface area contributed by atoms with Gasteiger partial charge in [-0.1, -0.05) is 23.7 Å². The zero-order valence-electron chi connectivity index (χ0n) is 9.00. The SMILES string of the molecule is COc1cccc(C2(CC(=O)O)CC2)c1Cl. The van der Waals surface area contributed by atoms with Gasteiger partial charge in [0.2, 0.25) is 0 Å². The zero-order chi connectivity index (χ0) is 11.8. The van der Waals surface area contributed by atoms with E-state index in [2.05, 4.69) is 0 Å². The maximum atomic E-state index is 10.8. The lowest BCUT2D eigenvalue weighted by Crippen LogP contribution is -2.13. The molecule has 86 valence electrons. The molecule has 1 aromatic rings. The van der Waals surface area contributed by atoms with Gasteiger partial charge in [-0.15, -0.1) is 0 Å². The van der Waals surface area contributed by atoms with Gasteiger partial charge in [0.1, 0.15) is 5.75 Å². The first-order valence-corrected chi connectivity index (χ1v) is 5.52. The number of aliphatic carboxylic acids is 1. The highest BCUT2D eigenvalue weighted by molar-refractivity contribution is 6.33. The number of carbonyl (C=O) groups is 1. The molecule has 0 aromatic heterocycles. The molecule has 3 nitrogen and oxygen atoms in total. The molecular weight excluding hydrogens is 228 g/mol. The molecule has 0 aliphatic heterocycles. The zero-order valence-corrected chi connectivity index (χ0v) is 9.75. The molecule has 16 heavy (non-hydrogen) atoms. The van der Waals surface area contributed by atoms with Crippen LogP contribution in [0.25, 0.3) is 0 Å². The second-order valence-electron chi connectivity index (χ2n) is 4.17. The van der Waals surface area contributed by atoms with Crippen molar-refractivity contribution in [3.05, 3.63) is 28.8 Å². The topological polar surface area (TPSA) is 46.5 Å². The third-order valence-electron chi connectivity index (χ3n) is 3.10. The Balaban J connectivity index is 2.37. The van der Waals surface area contributed by atoms with E-state index in [1.54, 1.807) is 13.2 Å². The Morgan fingerprint density at radius 2 is 2.25 bits per heavy atom. The minimum atomic E-state index is -0.781. The van der Waals surface area contributed by atoms with Crippen molar-refractivity contribution in [2.75, 3.05) is 7.11 Å². The monoisotopic (exact) mass is 240 g/mol. The van der Waals surface area contributed by atoms with Gasteiger partial charge in [-0.3, -0.25) is 4.79 Å². The average molecular weight is 241 g/mol. The number of benzene rings is 1. The summed E-state index contributed by atoms with van der Waals surface area (Å²) >= 11 is 6.20. The predicted octanol–water partition coefficient (Wildman–Crippen LogP) is 2.85. The average Bonchev–Trinajstić information content (AvgIpc) is 2.98. The van der Waals surface area contributed by atoms with Gasteiger partial charge in [-0.25, -0.2) is 0 Å². The van der Waals surface area contributed by atoms with Crippen LogP contribution in [-0.4, -0.2) is 18.2 Å². The molecule has 0 radical (unpaired) electrons. The van der Waals surface area contributed by atoms with Crippen LogP contribution < -0.4 is 4.74 Å². The molecule has 0 saturated heterocycles. The molecule has 0 atom stereocenters. The third-order valence-corrected chi connectivity index (χ3v) is 3.49. The fraction of sp³-hybridized carbons (Fsp3) is 0.417. The van der Waals surface area contributed by atoms with Crippen LogP contribution in [-0.2, 0) is 10.2 Å². The fourth-order valence-corrected chi connectivity index (χ4v) is 2.46. The van der Waals surface area contributed by atoms with E-state index in [0.29, 0.717) is 10.8 Å². The summed E-state index contributed by atoms with van der Waals surface area (Å²) in [6, 6.07) is 5.52. The highest BCUT2D eigenvalue weighted by Crippen LogP contribution is 2.54. The first-order chi connectivity index (χ1) is 7.59. The van der Waals surface area contributed by atoms with Crippen LogP contribution in [0.15, 0.2) is 18.2 Å². The number of carboxylic acids is 1. The molecule has 1 fully saturated rings. The van der Waals surface area contributed by atoms with E-state index < -0.39 is 5.97 Å². The normalized spacial score (nSPS) is 16.9. The van der Waals surface area contributed by atoms with Gasteiger partial charge >= 0.3 is 5.97 Å². The maximum Gasteiger partial charge on any atom is 0.304 e. The lowest BCUT2D eigenvalue weighted by molar-refractivity contribution is -0.137. The van der Waals surface area contributed by atoms with Crippen LogP contribution in [0.1, 0.15) is 24.8 Å². The number of rotatable bonds is 4. The Kier molecular flexibility index (Phi) is 2.80. The molecule has 0 spiro atoms. The summed E-state index contributed by atoms with van der Waals surface area (Å²) in [6.45, 7) is 0. The van der Waals surface area contributed by atoms with Crippen molar-refractivity contribution in [1.82, 2.24) is 0 Å².